The zero-order valence-electron chi connectivity index (χ0n) is 20.8. The van der Waals surface area contributed by atoms with Gasteiger partial charge in [-0.2, -0.15) is 5.21 Å². The van der Waals surface area contributed by atoms with Crippen LogP contribution in [0.3, 0.4) is 0 Å². The summed E-state index contributed by atoms with van der Waals surface area (Å²) in [6.45, 7) is 6.33. The van der Waals surface area contributed by atoms with Gasteiger partial charge in [-0.3, -0.25) is 4.98 Å². The third-order valence-corrected chi connectivity index (χ3v) is 6.55. The Balaban J connectivity index is 1.49. The predicted octanol–water partition coefficient (Wildman–Crippen LogP) is 4.79. The Bertz CT molecular complexity index is 1450. The van der Waals surface area contributed by atoms with Gasteiger partial charge < -0.3 is 5.21 Å². The van der Waals surface area contributed by atoms with Crippen LogP contribution in [0.1, 0.15) is 47.7 Å². The Morgan fingerprint density at radius 2 is 1.75 bits per heavy atom. The second-order valence-electron chi connectivity index (χ2n) is 9.09. The first-order valence-electron chi connectivity index (χ1n) is 12.3. The number of para-hydroxylation sites is 1. The third-order valence-electron chi connectivity index (χ3n) is 6.55. The highest BCUT2D eigenvalue weighted by Gasteiger charge is 2.26. The lowest BCUT2D eigenvalue weighted by atomic mass is 10.0. The van der Waals surface area contributed by atoms with E-state index in [9.17, 15) is 5.21 Å². The summed E-state index contributed by atoms with van der Waals surface area (Å²) in [5.41, 5.74) is 8.93. The minimum Gasteiger partial charge on any atom is -0.383 e. The molecule has 0 bridgehead atoms. The molecule has 0 spiro atoms. The van der Waals surface area contributed by atoms with Gasteiger partial charge in [0.05, 0.1) is 5.69 Å². The number of H-pyrrole nitrogens is 1. The number of aryl methyl sites for hydroxylation is 3. The molecule has 0 atom stereocenters. The van der Waals surface area contributed by atoms with Gasteiger partial charge in [0.1, 0.15) is 5.69 Å². The van der Waals surface area contributed by atoms with Crippen LogP contribution < -0.4 is 4.68 Å². The highest BCUT2D eigenvalue weighted by molar-refractivity contribution is 5.78. The number of nitrogens with zero attached hydrogens (tertiary/aromatic N) is 6. The van der Waals surface area contributed by atoms with Gasteiger partial charge in [-0.05, 0) is 48.2 Å². The molecule has 0 saturated heterocycles. The second-order valence-corrected chi connectivity index (χ2v) is 9.09. The standard InChI is InChI=1S/C28H30N7O/c1-4-5-11-22-18-34(27-19(2)9-8-10-20(27)3)35(36)26(22)16-21-14-15-25(29-17-21)23-12-6-7-13-24(23)28-30-32-33-31-28/h6-10,12-15,17-18,36H,4-5,11,16H2,1-3H3,(H,30,31,32,33)/q+1. The van der Waals surface area contributed by atoms with Crippen molar-refractivity contribution in [3.8, 4) is 28.3 Å². The van der Waals surface area contributed by atoms with E-state index in [4.69, 9.17) is 4.98 Å². The quantitative estimate of drug-likeness (QED) is 0.246. The number of hydrogen-bond acceptors (Lipinski definition) is 5. The number of hydrogen-bond donors (Lipinski definition) is 2. The Hall–Kier alpha value is -4.33. The van der Waals surface area contributed by atoms with Crippen LogP contribution in [-0.2, 0) is 12.8 Å². The van der Waals surface area contributed by atoms with Gasteiger partial charge in [-0.15, -0.1) is 10.2 Å². The first-order chi connectivity index (χ1) is 17.6. The van der Waals surface area contributed by atoms with Crippen molar-refractivity contribution < 1.29 is 9.89 Å². The monoisotopic (exact) mass is 480 g/mol. The molecule has 0 aliphatic carbocycles. The number of unbranched alkanes of at least 4 members (excludes halogenated alkanes) is 1. The summed E-state index contributed by atoms with van der Waals surface area (Å²) in [6, 6.07) is 18.1. The van der Waals surface area contributed by atoms with Gasteiger partial charge in [0, 0.05) is 45.3 Å². The summed E-state index contributed by atoms with van der Waals surface area (Å²) in [6.07, 6.45) is 7.59. The number of benzene rings is 2. The van der Waals surface area contributed by atoms with Crippen molar-refractivity contribution in [2.45, 2.75) is 46.5 Å². The number of pyridine rings is 1. The summed E-state index contributed by atoms with van der Waals surface area (Å²) < 4.78 is 1.87. The predicted molar refractivity (Wildman–Crippen MR) is 137 cm³/mol. The lowest BCUT2D eigenvalue weighted by molar-refractivity contribution is -0.718. The number of aromatic amines is 1. The van der Waals surface area contributed by atoms with E-state index >= 15 is 0 Å². The molecule has 5 rings (SSSR count). The van der Waals surface area contributed by atoms with E-state index in [0.717, 1.165) is 69.7 Å². The molecule has 2 N–H and O–H groups in total. The topological polar surface area (TPSA) is 96.4 Å². The molecular formula is C28H30N7O+. The molecule has 36 heavy (non-hydrogen) atoms. The molecule has 5 aromatic rings. The molecule has 2 aromatic carbocycles. The highest BCUT2D eigenvalue weighted by Crippen LogP contribution is 2.28. The number of tetrazole rings is 1. The smallest absolute Gasteiger partial charge is 0.245 e. The summed E-state index contributed by atoms with van der Waals surface area (Å²) in [4.78, 5) is 6.05. The molecule has 8 nitrogen and oxygen atoms in total. The fourth-order valence-electron chi connectivity index (χ4n) is 4.68. The largest absolute Gasteiger partial charge is 0.383 e. The minimum absolute atomic E-state index is 0.534. The Kier molecular flexibility index (Phi) is 6.58. The lowest BCUT2D eigenvalue weighted by Gasteiger charge is -2.08. The van der Waals surface area contributed by atoms with Crippen LogP contribution in [0.25, 0.3) is 28.3 Å². The molecule has 8 heteroatoms. The molecule has 3 heterocycles. The van der Waals surface area contributed by atoms with Gasteiger partial charge in [0.2, 0.25) is 17.7 Å². The Morgan fingerprint density at radius 3 is 2.42 bits per heavy atom. The summed E-state index contributed by atoms with van der Waals surface area (Å²) in [7, 11) is 0. The van der Waals surface area contributed by atoms with Crippen LogP contribution in [0.15, 0.2) is 67.0 Å². The SMILES string of the molecule is CCCCc1c[n+](-c2c(C)cccc2C)n(O)c1Cc1ccc(-c2ccccc2-c2nn[nH]n2)nc1. The van der Waals surface area contributed by atoms with Crippen molar-refractivity contribution in [3.05, 3.63) is 94.9 Å². The van der Waals surface area contributed by atoms with Crippen LogP contribution >= 0.6 is 0 Å². The van der Waals surface area contributed by atoms with E-state index in [-0.39, 0.29) is 0 Å². The maximum Gasteiger partial charge on any atom is 0.245 e. The first-order valence-corrected chi connectivity index (χ1v) is 12.3. The zero-order valence-corrected chi connectivity index (χ0v) is 20.8. The van der Waals surface area contributed by atoms with Crippen molar-refractivity contribution in [2.75, 3.05) is 0 Å². The molecule has 182 valence electrons. The fraction of sp³-hybridized carbons (Fsp3) is 0.250. The van der Waals surface area contributed by atoms with Crippen molar-refractivity contribution in [3.63, 3.8) is 0 Å². The van der Waals surface area contributed by atoms with Crippen LogP contribution in [0.5, 0.6) is 0 Å². The minimum atomic E-state index is 0.534. The van der Waals surface area contributed by atoms with Crippen LogP contribution in [-0.4, -0.2) is 35.7 Å². The van der Waals surface area contributed by atoms with Gasteiger partial charge in [-0.1, -0.05) is 61.9 Å². The molecule has 3 aromatic heterocycles. The summed E-state index contributed by atoms with van der Waals surface area (Å²) >= 11 is 0. The average Bonchev–Trinajstić information content (AvgIpc) is 3.53. The van der Waals surface area contributed by atoms with E-state index in [2.05, 4.69) is 65.8 Å². The second kappa shape index (κ2) is 10.1. The average molecular weight is 481 g/mol. The molecule has 0 aliphatic heterocycles. The zero-order chi connectivity index (χ0) is 25.1. The molecule has 0 saturated carbocycles. The highest BCUT2D eigenvalue weighted by atomic mass is 16.5. The Morgan fingerprint density at radius 1 is 0.972 bits per heavy atom. The Labute approximate surface area is 210 Å². The van der Waals surface area contributed by atoms with E-state index in [1.165, 1.54) is 4.85 Å². The number of nitrogens with one attached hydrogen (secondary N) is 1. The van der Waals surface area contributed by atoms with Crippen molar-refractivity contribution in [1.82, 2.24) is 30.5 Å². The fourth-order valence-corrected chi connectivity index (χ4v) is 4.68. The molecule has 0 radical (unpaired) electrons. The number of aromatic nitrogens is 7. The first kappa shape index (κ1) is 23.4. The normalized spacial score (nSPS) is 11.2. The van der Waals surface area contributed by atoms with Crippen LogP contribution in [0.4, 0.5) is 0 Å². The van der Waals surface area contributed by atoms with E-state index in [1.807, 2.05) is 47.3 Å². The molecule has 0 fully saturated rings. The summed E-state index contributed by atoms with van der Waals surface area (Å²) in [5.74, 6) is 0.534. The van der Waals surface area contributed by atoms with Gasteiger partial charge in [0.15, 0.2) is 0 Å². The maximum atomic E-state index is 11.3. The van der Waals surface area contributed by atoms with Crippen molar-refractivity contribution >= 4 is 0 Å². The number of rotatable bonds is 8. The molecule has 0 aliphatic rings. The molecule has 0 unspecified atom stereocenters. The van der Waals surface area contributed by atoms with Gasteiger partial charge >= 0.3 is 0 Å². The molecular weight excluding hydrogens is 450 g/mol. The maximum absolute atomic E-state index is 11.3. The van der Waals surface area contributed by atoms with Gasteiger partial charge in [0.25, 0.3) is 0 Å². The van der Waals surface area contributed by atoms with E-state index < -0.39 is 0 Å². The van der Waals surface area contributed by atoms with E-state index in [1.54, 1.807) is 0 Å². The van der Waals surface area contributed by atoms with Crippen LogP contribution in [0, 0.1) is 13.8 Å². The molecule has 0 amide bonds. The van der Waals surface area contributed by atoms with Crippen LogP contribution in [0.2, 0.25) is 0 Å². The lowest BCUT2D eigenvalue weighted by Crippen LogP contribution is -2.41. The van der Waals surface area contributed by atoms with Crippen molar-refractivity contribution in [1.29, 1.82) is 0 Å². The summed E-state index contributed by atoms with van der Waals surface area (Å²) in [5, 5.41) is 25.7. The van der Waals surface area contributed by atoms with E-state index in [0.29, 0.717) is 12.2 Å². The third kappa shape index (κ3) is 4.49. The van der Waals surface area contributed by atoms with Gasteiger partial charge in [-0.25, -0.2) is 0 Å². The van der Waals surface area contributed by atoms with Crippen molar-refractivity contribution in [2.24, 2.45) is 0 Å².